The predicted octanol–water partition coefficient (Wildman–Crippen LogP) is 2.58. The minimum absolute atomic E-state index is 0. The molecule has 4 rings (SSSR count). The fraction of sp³-hybridized carbons (Fsp3) is 0. The van der Waals surface area contributed by atoms with Crippen molar-refractivity contribution in [1.29, 1.82) is 10.5 Å². The summed E-state index contributed by atoms with van der Waals surface area (Å²) in [6, 6.07) is 14.9. The molecule has 0 saturated heterocycles. The maximum absolute atomic E-state index is 8.53. The van der Waals surface area contributed by atoms with Crippen LogP contribution in [0.3, 0.4) is 0 Å². The summed E-state index contributed by atoms with van der Waals surface area (Å²) in [4.78, 5) is 32.5. The molecule has 13 heteroatoms. The van der Waals surface area contributed by atoms with Crippen LogP contribution < -0.4 is 0 Å². The van der Waals surface area contributed by atoms with Gasteiger partial charge in [0.1, 0.15) is 23.5 Å². The normalized spacial score (nSPS) is 8.67. The standard InChI is InChI=1S/2C10H6N4.Ag.NO3/c2*11-5-8-6-14-10(7-13-8)9-3-1-2-4-12-9;;2-1(3)4/h2*1-4,6-7H;;/q;;+1;-1. The molecule has 0 atom stereocenters. The molecule has 0 aliphatic heterocycles. The minimum Gasteiger partial charge on any atom is -0.356 e. The van der Waals surface area contributed by atoms with Crippen LogP contribution in [-0.2, 0) is 22.4 Å². The first kappa shape index (κ1) is 26.4. The Morgan fingerprint density at radius 3 is 1.27 bits per heavy atom. The average molecular weight is 534 g/mol. The van der Waals surface area contributed by atoms with Gasteiger partial charge in [0.05, 0.1) is 41.3 Å². The summed E-state index contributed by atoms with van der Waals surface area (Å²) in [5.41, 5.74) is 3.47. The third kappa shape index (κ3) is 9.37. The van der Waals surface area contributed by atoms with E-state index in [4.69, 9.17) is 25.8 Å². The molecule has 33 heavy (non-hydrogen) atoms. The summed E-state index contributed by atoms with van der Waals surface area (Å²) in [5, 5.41) is 31.8. The van der Waals surface area contributed by atoms with Gasteiger partial charge in [0, 0.05) is 12.4 Å². The number of hydrogen-bond acceptors (Lipinski definition) is 11. The molecule has 0 bridgehead atoms. The van der Waals surface area contributed by atoms with Crippen molar-refractivity contribution >= 4 is 0 Å². The molecular weight excluding hydrogens is 522 g/mol. The molecule has 0 amide bonds. The van der Waals surface area contributed by atoms with Crippen molar-refractivity contribution < 1.29 is 27.5 Å². The van der Waals surface area contributed by atoms with Crippen molar-refractivity contribution in [3.05, 3.63) is 100 Å². The monoisotopic (exact) mass is 533 g/mol. The Morgan fingerprint density at radius 1 is 0.636 bits per heavy atom. The van der Waals surface area contributed by atoms with Crippen molar-refractivity contribution in [2.45, 2.75) is 0 Å². The maximum atomic E-state index is 8.53. The van der Waals surface area contributed by atoms with Gasteiger partial charge >= 0.3 is 22.4 Å². The molecule has 0 spiro atoms. The van der Waals surface area contributed by atoms with Crippen LogP contribution in [0.5, 0.6) is 0 Å². The Hall–Kier alpha value is -4.62. The Balaban J connectivity index is 0.000000278. The molecule has 4 aromatic rings. The number of nitrogens with zero attached hydrogens (tertiary/aromatic N) is 9. The van der Waals surface area contributed by atoms with Gasteiger partial charge in [-0.3, -0.25) is 9.97 Å². The molecule has 0 saturated carbocycles. The van der Waals surface area contributed by atoms with E-state index in [0.717, 1.165) is 11.4 Å². The van der Waals surface area contributed by atoms with Crippen molar-refractivity contribution in [2.24, 2.45) is 0 Å². The predicted molar refractivity (Wildman–Crippen MR) is 110 cm³/mol. The van der Waals surface area contributed by atoms with Crippen LogP contribution >= 0.6 is 0 Å². The van der Waals surface area contributed by atoms with Gasteiger partial charge in [0.25, 0.3) is 0 Å². The molecule has 0 radical (unpaired) electrons. The third-order valence-electron chi connectivity index (χ3n) is 3.39. The Bertz CT molecular complexity index is 1120. The van der Waals surface area contributed by atoms with E-state index in [-0.39, 0.29) is 22.4 Å². The van der Waals surface area contributed by atoms with Gasteiger partial charge in [-0.1, -0.05) is 12.1 Å². The molecule has 0 unspecified atom stereocenters. The van der Waals surface area contributed by atoms with E-state index < -0.39 is 5.09 Å². The molecule has 4 heterocycles. The zero-order valence-corrected chi connectivity index (χ0v) is 18.0. The number of aromatic nitrogens is 6. The van der Waals surface area contributed by atoms with Crippen LogP contribution in [0.4, 0.5) is 0 Å². The Labute approximate surface area is 202 Å². The van der Waals surface area contributed by atoms with Gasteiger partial charge in [-0.2, -0.15) is 10.5 Å². The summed E-state index contributed by atoms with van der Waals surface area (Å²) in [6.07, 6.45) is 9.33. The van der Waals surface area contributed by atoms with Crippen molar-refractivity contribution in [2.75, 3.05) is 0 Å². The van der Waals surface area contributed by atoms with Gasteiger partial charge in [-0.15, -0.1) is 0 Å². The Kier molecular flexibility index (Phi) is 11.5. The second-order valence-corrected chi connectivity index (χ2v) is 5.45. The van der Waals surface area contributed by atoms with Crippen LogP contribution in [0.1, 0.15) is 11.4 Å². The second-order valence-electron chi connectivity index (χ2n) is 5.45. The number of hydrogen-bond donors (Lipinski definition) is 0. The summed E-state index contributed by atoms with van der Waals surface area (Å²) in [6.45, 7) is 0. The molecule has 0 fully saturated rings. The van der Waals surface area contributed by atoms with Crippen LogP contribution in [0.2, 0.25) is 0 Å². The van der Waals surface area contributed by atoms with Gasteiger partial charge in [0.15, 0.2) is 11.4 Å². The first-order chi connectivity index (χ1) is 15.5. The van der Waals surface area contributed by atoms with Crippen molar-refractivity contribution in [3.63, 3.8) is 0 Å². The number of rotatable bonds is 2. The van der Waals surface area contributed by atoms with Crippen LogP contribution in [0.15, 0.2) is 73.6 Å². The van der Waals surface area contributed by atoms with Gasteiger partial charge in [0.2, 0.25) is 0 Å². The van der Waals surface area contributed by atoms with E-state index in [1.807, 2.05) is 48.5 Å². The first-order valence-corrected chi connectivity index (χ1v) is 8.62. The van der Waals surface area contributed by atoms with Crippen molar-refractivity contribution in [3.8, 4) is 34.9 Å². The fourth-order valence-corrected chi connectivity index (χ4v) is 2.06. The average Bonchev–Trinajstić information content (AvgIpc) is 2.85. The van der Waals surface area contributed by atoms with E-state index in [1.165, 1.54) is 12.4 Å². The molecule has 0 aliphatic rings. The summed E-state index contributed by atoms with van der Waals surface area (Å²) in [5.74, 6) is 0. The molecule has 0 aliphatic carbocycles. The summed E-state index contributed by atoms with van der Waals surface area (Å²) >= 11 is 0. The SMILES string of the molecule is N#Cc1cnc(-c2ccccn2)cn1.N#Cc1cnc(-c2ccccn2)cn1.O=[N+]([O-])[O-].[Ag+]. The minimum atomic E-state index is -1.75. The summed E-state index contributed by atoms with van der Waals surface area (Å²) < 4.78 is 0. The van der Waals surface area contributed by atoms with E-state index in [1.54, 1.807) is 24.8 Å². The van der Waals surface area contributed by atoms with Gasteiger partial charge < -0.3 is 15.3 Å². The Morgan fingerprint density at radius 2 is 1.03 bits per heavy atom. The van der Waals surface area contributed by atoms with E-state index in [2.05, 4.69) is 29.9 Å². The van der Waals surface area contributed by atoms with Gasteiger partial charge in [-0.05, 0) is 24.3 Å². The largest absolute Gasteiger partial charge is 1.00 e. The molecule has 166 valence electrons. The van der Waals surface area contributed by atoms with Gasteiger partial charge in [-0.25, -0.2) is 19.9 Å². The van der Waals surface area contributed by atoms with Crippen molar-refractivity contribution in [1.82, 2.24) is 29.9 Å². The van der Waals surface area contributed by atoms with E-state index in [9.17, 15) is 0 Å². The fourth-order valence-electron chi connectivity index (χ4n) is 2.06. The topological polar surface area (TPSA) is 191 Å². The molecule has 0 aromatic carbocycles. The number of pyridine rings is 2. The van der Waals surface area contributed by atoms with E-state index >= 15 is 0 Å². The third-order valence-corrected chi connectivity index (χ3v) is 3.39. The van der Waals surface area contributed by atoms with Crippen LogP contribution in [-0.4, -0.2) is 35.0 Å². The van der Waals surface area contributed by atoms with Crippen LogP contribution in [0.25, 0.3) is 22.8 Å². The zero-order valence-electron chi connectivity index (χ0n) is 16.5. The molecule has 4 aromatic heterocycles. The van der Waals surface area contributed by atoms with Crippen LogP contribution in [0, 0.1) is 38.0 Å². The van der Waals surface area contributed by atoms with E-state index in [0.29, 0.717) is 22.8 Å². The number of nitriles is 2. The quantitative estimate of drug-likeness (QED) is 0.209. The summed E-state index contributed by atoms with van der Waals surface area (Å²) in [7, 11) is 0. The second kappa shape index (κ2) is 14.4. The molecule has 12 nitrogen and oxygen atoms in total. The zero-order chi connectivity index (χ0) is 23.2. The molecule has 0 N–H and O–H groups in total. The first-order valence-electron chi connectivity index (χ1n) is 8.62. The molecular formula is C20H12AgN9O3. The smallest absolute Gasteiger partial charge is 0.356 e. The maximum Gasteiger partial charge on any atom is 1.00 e.